The van der Waals surface area contributed by atoms with Gasteiger partial charge in [-0.15, -0.1) is 0 Å². The van der Waals surface area contributed by atoms with Gasteiger partial charge in [0.15, 0.2) is 0 Å². The molecule has 3 rings (SSSR count). The highest BCUT2D eigenvalue weighted by atomic mass is 16.5. The Balaban J connectivity index is 1.37. The van der Waals surface area contributed by atoms with E-state index < -0.39 is 0 Å². The van der Waals surface area contributed by atoms with E-state index in [0.717, 1.165) is 50.6 Å². The number of nitrogen functional groups attached to an aromatic ring is 1. The van der Waals surface area contributed by atoms with Gasteiger partial charge in [-0.05, 0) is 18.6 Å². The highest BCUT2D eigenvalue weighted by molar-refractivity contribution is 5.77. The predicted octanol–water partition coefficient (Wildman–Crippen LogP) is 0.747. The molecular weight excluding hydrogens is 268 g/mol. The van der Waals surface area contributed by atoms with E-state index in [9.17, 15) is 4.79 Å². The van der Waals surface area contributed by atoms with Crippen LogP contribution in [0.15, 0.2) is 24.3 Å². The largest absolute Gasteiger partial charge is 0.493 e. The molecule has 21 heavy (non-hydrogen) atoms. The molecule has 2 fully saturated rings. The van der Waals surface area contributed by atoms with E-state index in [0.29, 0.717) is 12.6 Å². The second-order valence-electron chi connectivity index (χ2n) is 5.61. The molecule has 2 aliphatic heterocycles. The summed E-state index contributed by atoms with van der Waals surface area (Å²) in [6, 6.07) is 7.93. The fourth-order valence-corrected chi connectivity index (χ4v) is 2.95. The molecule has 3 N–H and O–H groups in total. The third-order valence-electron chi connectivity index (χ3n) is 4.06. The van der Waals surface area contributed by atoms with Crippen LogP contribution in [0.2, 0.25) is 0 Å². The zero-order chi connectivity index (χ0) is 14.7. The molecule has 0 aromatic heterocycles. The summed E-state index contributed by atoms with van der Waals surface area (Å²) in [4.78, 5) is 15.9. The Bertz CT molecular complexity index is 508. The lowest BCUT2D eigenvalue weighted by molar-refractivity contribution is 0.116. The highest BCUT2D eigenvalue weighted by Gasteiger charge is 2.34. The van der Waals surface area contributed by atoms with Gasteiger partial charge in [0.05, 0.1) is 12.6 Å². The first-order chi connectivity index (χ1) is 10.2. The number of piperazine rings is 1. The van der Waals surface area contributed by atoms with Crippen LogP contribution in [0.5, 0.6) is 5.75 Å². The van der Waals surface area contributed by atoms with Crippen LogP contribution < -0.4 is 15.8 Å². The lowest BCUT2D eigenvalue weighted by Gasteiger charge is -2.36. The Morgan fingerprint density at radius 3 is 3.14 bits per heavy atom. The van der Waals surface area contributed by atoms with Crippen LogP contribution in [0.3, 0.4) is 0 Å². The highest BCUT2D eigenvalue weighted by Crippen LogP contribution is 2.16. The minimum Gasteiger partial charge on any atom is -0.493 e. The van der Waals surface area contributed by atoms with Crippen LogP contribution >= 0.6 is 0 Å². The standard InChI is InChI=1S/C15H22N4O2/c16-12-3-1-4-14(9-12)21-8-2-5-18-6-7-19-13(11-18)10-17-15(19)20/h1,3-4,9,13H,2,5-8,10-11,16H2,(H,17,20). The molecular formula is C15H22N4O2. The number of hydrogen-bond acceptors (Lipinski definition) is 4. The number of carbonyl (C=O) groups excluding carboxylic acids is 1. The van der Waals surface area contributed by atoms with E-state index in [1.54, 1.807) is 0 Å². The molecule has 2 amide bonds. The van der Waals surface area contributed by atoms with E-state index in [1.807, 2.05) is 29.2 Å². The van der Waals surface area contributed by atoms with Crippen molar-refractivity contribution in [2.24, 2.45) is 0 Å². The smallest absolute Gasteiger partial charge is 0.317 e. The summed E-state index contributed by atoms with van der Waals surface area (Å²) in [5.74, 6) is 0.824. The van der Waals surface area contributed by atoms with Crippen molar-refractivity contribution >= 4 is 11.7 Å². The number of ether oxygens (including phenoxy) is 1. The SMILES string of the molecule is Nc1cccc(OCCCN2CCN3C(=O)NCC3C2)c1. The van der Waals surface area contributed by atoms with Crippen molar-refractivity contribution in [3.63, 3.8) is 0 Å². The number of urea groups is 1. The maximum absolute atomic E-state index is 11.5. The van der Waals surface area contributed by atoms with Crippen molar-refractivity contribution in [1.29, 1.82) is 0 Å². The van der Waals surface area contributed by atoms with Crippen molar-refractivity contribution in [3.05, 3.63) is 24.3 Å². The second kappa shape index (κ2) is 6.22. The van der Waals surface area contributed by atoms with E-state index in [2.05, 4.69) is 10.2 Å². The summed E-state index contributed by atoms with van der Waals surface area (Å²) in [6.45, 7) is 5.19. The Labute approximate surface area is 124 Å². The third-order valence-corrected chi connectivity index (χ3v) is 4.06. The summed E-state index contributed by atoms with van der Waals surface area (Å²) in [5, 5.41) is 2.90. The van der Waals surface area contributed by atoms with Crippen molar-refractivity contribution in [3.8, 4) is 5.75 Å². The van der Waals surface area contributed by atoms with Gasteiger partial charge in [-0.25, -0.2) is 4.79 Å². The van der Waals surface area contributed by atoms with Crippen molar-refractivity contribution in [2.45, 2.75) is 12.5 Å². The van der Waals surface area contributed by atoms with Crippen molar-refractivity contribution in [2.75, 3.05) is 45.1 Å². The van der Waals surface area contributed by atoms with Gasteiger partial charge >= 0.3 is 6.03 Å². The topological polar surface area (TPSA) is 70.8 Å². The first-order valence-electron chi connectivity index (χ1n) is 7.47. The molecule has 0 spiro atoms. The first kappa shape index (κ1) is 14.0. The molecule has 0 bridgehead atoms. The molecule has 2 saturated heterocycles. The number of nitrogens with one attached hydrogen (secondary N) is 1. The normalized spacial score (nSPS) is 22.0. The number of fused-ring (bicyclic) bond motifs is 1. The van der Waals surface area contributed by atoms with E-state index in [1.165, 1.54) is 0 Å². The van der Waals surface area contributed by atoms with Crippen LogP contribution in [-0.2, 0) is 0 Å². The molecule has 2 aliphatic rings. The number of hydrogen-bond donors (Lipinski definition) is 2. The molecule has 0 saturated carbocycles. The number of nitrogens with two attached hydrogens (primary N) is 1. The molecule has 0 radical (unpaired) electrons. The fraction of sp³-hybridized carbons (Fsp3) is 0.533. The summed E-state index contributed by atoms with van der Waals surface area (Å²) in [6.07, 6.45) is 0.975. The average molecular weight is 290 g/mol. The van der Waals surface area contributed by atoms with Gasteiger partial charge in [0.1, 0.15) is 5.75 Å². The first-order valence-corrected chi connectivity index (χ1v) is 7.47. The van der Waals surface area contributed by atoms with Gasteiger partial charge in [-0.2, -0.15) is 0 Å². The van der Waals surface area contributed by atoms with Gasteiger partial charge in [-0.1, -0.05) is 6.07 Å². The minimum atomic E-state index is 0.0876. The molecule has 0 aliphatic carbocycles. The van der Waals surface area contributed by atoms with Gasteiger partial charge in [0, 0.05) is 44.5 Å². The Kier molecular flexibility index (Phi) is 4.15. The van der Waals surface area contributed by atoms with Gasteiger partial charge in [0.25, 0.3) is 0 Å². The van der Waals surface area contributed by atoms with Crippen molar-refractivity contribution in [1.82, 2.24) is 15.1 Å². The Hall–Kier alpha value is -1.95. The zero-order valence-electron chi connectivity index (χ0n) is 12.1. The van der Waals surface area contributed by atoms with Crippen molar-refractivity contribution < 1.29 is 9.53 Å². The number of benzene rings is 1. The molecule has 1 aromatic rings. The van der Waals surface area contributed by atoms with Gasteiger partial charge in [0.2, 0.25) is 0 Å². The number of carbonyl (C=O) groups is 1. The maximum Gasteiger partial charge on any atom is 0.317 e. The molecule has 1 aromatic carbocycles. The minimum absolute atomic E-state index is 0.0876. The van der Waals surface area contributed by atoms with E-state index in [4.69, 9.17) is 10.5 Å². The number of amides is 2. The maximum atomic E-state index is 11.5. The van der Waals surface area contributed by atoms with Crippen LogP contribution in [-0.4, -0.2) is 61.2 Å². The average Bonchev–Trinajstić information content (AvgIpc) is 2.85. The lowest BCUT2D eigenvalue weighted by Crippen LogP contribution is -2.52. The van der Waals surface area contributed by atoms with Crippen LogP contribution in [0.4, 0.5) is 10.5 Å². The van der Waals surface area contributed by atoms with E-state index >= 15 is 0 Å². The monoisotopic (exact) mass is 290 g/mol. The molecule has 1 atom stereocenters. The zero-order valence-corrected chi connectivity index (χ0v) is 12.1. The van der Waals surface area contributed by atoms with Gasteiger partial charge in [-0.3, -0.25) is 4.90 Å². The number of anilines is 1. The fourth-order valence-electron chi connectivity index (χ4n) is 2.95. The predicted molar refractivity (Wildman–Crippen MR) is 81.3 cm³/mol. The number of nitrogens with zero attached hydrogens (tertiary/aromatic N) is 2. The summed E-state index contributed by atoms with van der Waals surface area (Å²) < 4.78 is 5.70. The van der Waals surface area contributed by atoms with Gasteiger partial charge < -0.3 is 20.7 Å². The molecule has 1 unspecified atom stereocenters. The van der Waals surface area contributed by atoms with Crippen LogP contribution in [0.25, 0.3) is 0 Å². The summed E-state index contributed by atoms with van der Waals surface area (Å²) >= 11 is 0. The van der Waals surface area contributed by atoms with Crippen LogP contribution in [0, 0.1) is 0 Å². The molecule has 114 valence electrons. The third kappa shape index (κ3) is 3.39. The van der Waals surface area contributed by atoms with Crippen LogP contribution in [0.1, 0.15) is 6.42 Å². The summed E-state index contributed by atoms with van der Waals surface area (Å²) in [7, 11) is 0. The lowest BCUT2D eigenvalue weighted by atomic mass is 10.2. The summed E-state index contributed by atoms with van der Waals surface area (Å²) in [5.41, 5.74) is 6.44. The van der Waals surface area contributed by atoms with E-state index in [-0.39, 0.29) is 6.03 Å². The molecule has 2 heterocycles. The second-order valence-corrected chi connectivity index (χ2v) is 5.61. The number of rotatable bonds is 5. The molecule has 6 nitrogen and oxygen atoms in total. The Morgan fingerprint density at radius 2 is 2.29 bits per heavy atom. The quantitative estimate of drug-likeness (QED) is 0.620. The Morgan fingerprint density at radius 1 is 1.38 bits per heavy atom. The molecule has 6 heteroatoms.